The van der Waals surface area contributed by atoms with Crippen LogP contribution in [0.4, 0.5) is 16.5 Å². The summed E-state index contributed by atoms with van der Waals surface area (Å²) >= 11 is 1.50. The number of likely N-dealkylation sites (N-methyl/N-ethyl adjacent to an activating group) is 1. The normalized spacial score (nSPS) is 11.0. The highest BCUT2D eigenvalue weighted by Crippen LogP contribution is 2.24. The van der Waals surface area contributed by atoms with Gasteiger partial charge >= 0.3 is 0 Å². The zero-order valence-electron chi connectivity index (χ0n) is 16.1. The average molecular weight is 449 g/mol. The zero-order chi connectivity index (χ0) is 18.5. The van der Waals surface area contributed by atoms with Crippen molar-refractivity contribution in [1.82, 2.24) is 9.55 Å². The van der Waals surface area contributed by atoms with Crippen molar-refractivity contribution in [3.8, 4) is 0 Å². The van der Waals surface area contributed by atoms with Gasteiger partial charge < -0.3 is 21.9 Å². The summed E-state index contributed by atoms with van der Waals surface area (Å²) in [5.41, 5.74) is 3.01. The standard InChI is InChI=1S/C19H25N6S.BrH/c1-5-24(12-13-25-11-10-23(4)16(25)3)18-8-6-17(7-9-18)21-22-19-20-15(2)14-26-19;/h6-11,14H,5,12-13H2,1-4H3;1H/q+1;/p-1/b22-21+;. The Morgan fingerprint density at radius 1 is 1.19 bits per heavy atom. The van der Waals surface area contributed by atoms with E-state index in [1.807, 2.05) is 24.4 Å². The van der Waals surface area contributed by atoms with Crippen molar-refractivity contribution < 1.29 is 21.5 Å². The van der Waals surface area contributed by atoms with Crippen molar-refractivity contribution in [2.24, 2.45) is 17.3 Å². The SMILES string of the molecule is CCN(CCn1cc[n+](C)c1C)c1ccc(/N=N/c2nc(C)cs2)cc1.[Br-]. The summed E-state index contributed by atoms with van der Waals surface area (Å²) in [7, 11) is 2.07. The molecule has 144 valence electrons. The second-order valence-electron chi connectivity index (χ2n) is 6.22. The molecule has 0 radical (unpaired) electrons. The first-order valence-corrected chi connectivity index (χ1v) is 9.65. The number of thiazole rings is 1. The number of nitrogens with zero attached hydrogens (tertiary/aromatic N) is 6. The Labute approximate surface area is 175 Å². The van der Waals surface area contributed by atoms with Gasteiger partial charge in [-0.3, -0.25) is 0 Å². The number of hydrogen-bond donors (Lipinski definition) is 0. The molecule has 27 heavy (non-hydrogen) atoms. The molecule has 6 nitrogen and oxygen atoms in total. The molecule has 0 aliphatic rings. The molecule has 2 heterocycles. The van der Waals surface area contributed by atoms with Gasteiger partial charge in [0.25, 0.3) is 5.82 Å². The fraction of sp³-hybridized carbons (Fsp3) is 0.368. The molecule has 0 aliphatic carbocycles. The topological polar surface area (TPSA) is 49.7 Å². The molecule has 0 spiro atoms. The van der Waals surface area contributed by atoms with E-state index in [-0.39, 0.29) is 17.0 Å². The first-order valence-electron chi connectivity index (χ1n) is 8.77. The highest BCUT2D eigenvalue weighted by Gasteiger charge is 2.11. The van der Waals surface area contributed by atoms with E-state index >= 15 is 0 Å². The van der Waals surface area contributed by atoms with Gasteiger partial charge in [-0.25, -0.2) is 14.1 Å². The van der Waals surface area contributed by atoms with Crippen LogP contribution in [0.3, 0.4) is 0 Å². The number of rotatable bonds is 7. The minimum Gasteiger partial charge on any atom is -1.00 e. The maximum atomic E-state index is 4.29. The number of anilines is 1. The van der Waals surface area contributed by atoms with E-state index in [0.29, 0.717) is 5.13 Å². The first-order chi connectivity index (χ1) is 12.6. The number of hydrogen-bond acceptors (Lipinski definition) is 5. The van der Waals surface area contributed by atoms with Crippen molar-refractivity contribution in [2.45, 2.75) is 27.3 Å². The fourth-order valence-electron chi connectivity index (χ4n) is 2.75. The lowest BCUT2D eigenvalue weighted by molar-refractivity contribution is -0.677. The highest BCUT2D eigenvalue weighted by atomic mass is 79.9. The monoisotopic (exact) mass is 448 g/mol. The van der Waals surface area contributed by atoms with E-state index in [0.717, 1.165) is 31.0 Å². The van der Waals surface area contributed by atoms with Gasteiger partial charge in [0.15, 0.2) is 0 Å². The second-order valence-corrected chi connectivity index (χ2v) is 7.05. The second kappa shape index (κ2) is 9.75. The molecule has 0 atom stereocenters. The van der Waals surface area contributed by atoms with Gasteiger partial charge in [-0.1, -0.05) is 0 Å². The third kappa shape index (κ3) is 5.46. The zero-order valence-corrected chi connectivity index (χ0v) is 18.5. The molecule has 0 unspecified atom stereocenters. The van der Waals surface area contributed by atoms with E-state index in [1.54, 1.807) is 0 Å². The molecule has 0 amide bonds. The van der Waals surface area contributed by atoms with Crippen molar-refractivity contribution >= 4 is 27.8 Å². The van der Waals surface area contributed by atoms with Gasteiger partial charge in [0, 0.05) is 24.5 Å². The van der Waals surface area contributed by atoms with E-state index in [4.69, 9.17) is 0 Å². The van der Waals surface area contributed by atoms with Crippen molar-refractivity contribution in [3.63, 3.8) is 0 Å². The van der Waals surface area contributed by atoms with Gasteiger partial charge in [-0.05, 0) is 38.1 Å². The summed E-state index contributed by atoms with van der Waals surface area (Å²) in [6.45, 7) is 9.17. The summed E-state index contributed by atoms with van der Waals surface area (Å²) in [6, 6.07) is 8.21. The van der Waals surface area contributed by atoms with Crippen LogP contribution in [0.25, 0.3) is 0 Å². The Morgan fingerprint density at radius 2 is 1.93 bits per heavy atom. The minimum absolute atomic E-state index is 0. The minimum atomic E-state index is 0. The van der Waals surface area contributed by atoms with Crippen molar-refractivity contribution in [3.05, 3.63) is 53.6 Å². The van der Waals surface area contributed by atoms with Crippen LogP contribution in [-0.4, -0.2) is 22.6 Å². The number of aryl methyl sites for hydroxylation is 2. The Kier molecular flexibility index (Phi) is 7.67. The van der Waals surface area contributed by atoms with Crippen molar-refractivity contribution in [1.29, 1.82) is 0 Å². The Balaban J connectivity index is 0.00000261. The fourth-order valence-corrected chi connectivity index (χ4v) is 3.36. The van der Waals surface area contributed by atoms with Gasteiger partial charge in [0.2, 0.25) is 5.13 Å². The molecule has 0 aliphatic heterocycles. The van der Waals surface area contributed by atoms with Crippen LogP contribution >= 0.6 is 11.3 Å². The molecule has 8 heteroatoms. The van der Waals surface area contributed by atoms with Crippen molar-refractivity contribution in [2.75, 3.05) is 18.0 Å². The van der Waals surface area contributed by atoms with Gasteiger partial charge in [-0.15, -0.1) is 21.6 Å². The summed E-state index contributed by atoms with van der Waals surface area (Å²) < 4.78 is 4.42. The predicted octanol–water partition coefficient (Wildman–Crippen LogP) is 1.33. The van der Waals surface area contributed by atoms with Gasteiger partial charge in [0.05, 0.1) is 25.0 Å². The quantitative estimate of drug-likeness (QED) is 0.404. The Morgan fingerprint density at radius 3 is 2.48 bits per heavy atom. The van der Waals surface area contributed by atoms with Gasteiger partial charge in [-0.2, -0.15) is 0 Å². The molecule has 0 bridgehead atoms. The molecular weight excluding hydrogens is 424 g/mol. The molecule has 0 saturated carbocycles. The first kappa shape index (κ1) is 21.2. The largest absolute Gasteiger partial charge is 1.00 e. The predicted molar refractivity (Wildman–Crippen MR) is 106 cm³/mol. The third-order valence-corrected chi connectivity index (χ3v) is 5.30. The lowest BCUT2D eigenvalue weighted by atomic mass is 10.2. The number of benzene rings is 1. The molecular formula is C19H25BrN6S. The van der Waals surface area contributed by atoms with Crippen LogP contribution in [0.5, 0.6) is 0 Å². The summed E-state index contributed by atoms with van der Waals surface area (Å²) in [4.78, 5) is 6.66. The van der Waals surface area contributed by atoms with E-state index < -0.39 is 0 Å². The van der Waals surface area contributed by atoms with Crippen LogP contribution in [0.1, 0.15) is 18.4 Å². The lowest BCUT2D eigenvalue weighted by Crippen LogP contribution is -3.00. The molecule has 1 aromatic carbocycles. The molecule has 3 rings (SSSR count). The Hall–Kier alpha value is -2.06. The highest BCUT2D eigenvalue weighted by molar-refractivity contribution is 7.13. The lowest BCUT2D eigenvalue weighted by Gasteiger charge is -2.22. The average Bonchev–Trinajstić information content (AvgIpc) is 3.21. The number of halogens is 1. The van der Waals surface area contributed by atoms with E-state index in [2.05, 4.69) is 74.7 Å². The molecule has 0 N–H and O–H groups in total. The molecule has 0 fully saturated rings. The van der Waals surface area contributed by atoms with Crippen LogP contribution < -0.4 is 26.4 Å². The van der Waals surface area contributed by atoms with Crippen LogP contribution in [0, 0.1) is 13.8 Å². The maximum Gasteiger partial charge on any atom is 0.253 e. The smallest absolute Gasteiger partial charge is 0.253 e. The summed E-state index contributed by atoms with van der Waals surface area (Å²) in [6.07, 6.45) is 4.22. The maximum absolute atomic E-state index is 4.29. The molecule has 2 aromatic heterocycles. The Bertz CT molecular complexity index is 884. The summed E-state index contributed by atoms with van der Waals surface area (Å²) in [5.74, 6) is 1.26. The van der Waals surface area contributed by atoms with Crippen LogP contribution in [0.2, 0.25) is 0 Å². The number of azo groups is 1. The number of imidazole rings is 1. The van der Waals surface area contributed by atoms with E-state index in [9.17, 15) is 0 Å². The van der Waals surface area contributed by atoms with Gasteiger partial charge in [0.1, 0.15) is 18.9 Å². The number of aromatic nitrogens is 3. The molecule has 3 aromatic rings. The summed E-state index contributed by atoms with van der Waals surface area (Å²) in [5, 5.41) is 11.1. The van der Waals surface area contributed by atoms with Crippen LogP contribution in [0.15, 0.2) is 52.3 Å². The molecule has 0 saturated heterocycles. The van der Waals surface area contributed by atoms with E-state index in [1.165, 1.54) is 22.8 Å². The van der Waals surface area contributed by atoms with Crippen LogP contribution in [-0.2, 0) is 13.6 Å². The third-order valence-electron chi connectivity index (χ3n) is 4.46.